The first-order chi connectivity index (χ1) is 13.4. The molecule has 0 bridgehead atoms. The largest absolute Gasteiger partial charge is 0.446 e. The van der Waals surface area contributed by atoms with Gasteiger partial charge in [0.1, 0.15) is 12.1 Å². The van der Waals surface area contributed by atoms with E-state index in [2.05, 4.69) is 10.6 Å². The number of rotatable bonds is 8. The number of nitrogens with zero attached hydrogens (tertiary/aromatic N) is 1. The Bertz CT molecular complexity index is 771. The van der Waals surface area contributed by atoms with Crippen LogP contribution in [0.25, 0.3) is 0 Å². The van der Waals surface area contributed by atoms with Gasteiger partial charge in [-0.1, -0.05) is 44.2 Å². The molecule has 1 aromatic carbocycles. The number of nitrogens with one attached hydrogen (secondary N) is 2. The minimum absolute atomic E-state index is 0.109. The van der Waals surface area contributed by atoms with Crippen LogP contribution in [0, 0.1) is 0 Å². The molecular weight excluding hydrogens is 362 g/mol. The number of hydrogen-bond donors (Lipinski definition) is 2. The van der Waals surface area contributed by atoms with Crippen molar-refractivity contribution in [3.63, 3.8) is 0 Å². The first-order valence-corrected chi connectivity index (χ1v) is 9.59. The summed E-state index contributed by atoms with van der Waals surface area (Å²) in [6, 6.07) is 8.16. The lowest BCUT2D eigenvalue weighted by Crippen LogP contribution is -2.46. The Morgan fingerprint density at radius 2 is 1.86 bits per heavy atom. The van der Waals surface area contributed by atoms with Crippen molar-refractivity contribution in [3.05, 3.63) is 35.9 Å². The smallest absolute Gasteiger partial charge is 0.327 e. The molecule has 28 heavy (non-hydrogen) atoms. The summed E-state index contributed by atoms with van der Waals surface area (Å²) in [5.74, 6) is -1.67. The molecule has 8 heteroatoms. The number of benzene rings is 1. The molecule has 1 atom stereocenters. The molecular formula is C20H25N3O5. The van der Waals surface area contributed by atoms with E-state index in [4.69, 9.17) is 4.74 Å². The average Bonchev–Trinajstić information content (AvgIpc) is 3.48. The third-order valence-electron chi connectivity index (χ3n) is 5.25. The monoisotopic (exact) mass is 387 g/mol. The van der Waals surface area contributed by atoms with Crippen LogP contribution in [0.15, 0.2) is 30.3 Å². The molecule has 2 N–H and O–H groups in total. The van der Waals surface area contributed by atoms with Crippen LogP contribution in [0.2, 0.25) is 0 Å². The van der Waals surface area contributed by atoms with E-state index in [1.54, 1.807) is 44.2 Å². The standard InChI is InChI=1S/C20H25N3O5/c1-3-20(4-2)18(26)23(19(27)22-20)12-15(24)28-16(13-8-6-5-7-9-13)17(25)21-14-10-11-14/h5-9,14,16H,3-4,10-12H2,1-2H3,(H,21,25)(H,22,27)/t16-/m0/s1. The molecule has 4 amide bonds. The van der Waals surface area contributed by atoms with E-state index < -0.39 is 42.0 Å². The Balaban J connectivity index is 1.71. The third-order valence-corrected chi connectivity index (χ3v) is 5.25. The minimum atomic E-state index is -1.13. The molecule has 8 nitrogen and oxygen atoms in total. The Morgan fingerprint density at radius 1 is 1.21 bits per heavy atom. The van der Waals surface area contributed by atoms with Gasteiger partial charge in [0, 0.05) is 11.6 Å². The number of imide groups is 1. The highest BCUT2D eigenvalue weighted by molar-refractivity contribution is 6.08. The summed E-state index contributed by atoms with van der Waals surface area (Å²) in [4.78, 5) is 50.7. The van der Waals surface area contributed by atoms with Gasteiger partial charge in [0.05, 0.1) is 0 Å². The fourth-order valence-electron chi connectivity index (χ4n) is 3.25. The van der Waals surface area contributed by atoms with Gasteiger partial charge in [-0.15, -0.1) is 0 Å². The number of amides is 4. The van der Waals surface area contributed by atoms with Gasteiger partial charge < -0.3 is 15.4 Å². The van der Waals surface area contributed by atoms with Gasteiger partial charge in [0.2, 0.25) is 6.10 Å². The van der Waals surface area contributed by atoms with E-state index in [0.29, 0.717) is 18.4 Å². The lowest BCUT2D eigenvalue weighted by atomic mass is 9.93. The van der Waals surface area contributed by atoms with E-state index in [9.17, 15) is 19.2 Å². The van der Waals surface area contributed by atoms with Crippen molar-refractivity contribution in [2.45, 2.75) is 57.2 Å². The van der Waals surface area contributed by atoms with Gasteiger partial charge >= 0.3 is 12.0 Å². The first kappa shape index (κ1) is 19.9. The molecule has 0 spiro atoms. The predicted octanol–water partition coefficient (Wildman–Crippen LogP) is 1.66. The van der Waals surface area contributed by atoms with Crippen molar-refractivity contribution in [1.82, 2.24) is 15.5 Å². The highest BCUT2D eigenvalue weighted by atomic mass is 16.5. The second-order valence-corrected chi connectivity index (χ2v) is 7.17. The maximum atomic E-state index is 12.6. The molecule has 2 aliphatic rings. The molecule has 0 aromatic heterocycles. The van der Waals surface area contributed by atoms with E-state index in [1.165, 1.54) is 0 Å². The van der Waals surface area contributed by atoms with Gasteiger partial charge in [-0.3, -0.25) is 19.3 Å². The number of hydrogen-bond acceptors (Lipinski definition) is 5. The summed E-state index contributed by atoms with van der Waals surface area (Å²) in [5.41, 5.74) is -0.456. The summed E-state index contributed by atoms with van der Waals surface area (Å²) >= 11 is 0. The van der Waals surface area contributed by atoms with Crippen molar-refractivity contribution >= 4 is 23.8 Å². The number of esters is 1. The highest BCUT2D eigenvalue weighted by Crippen LogP contribution is 2.26. The zero-order valence-corrected chi connectivity index (χ0v) is 16.1. The molecule has 0 radical (unpaired) electrons. The molecule has 1 saturated heterocycles. The number of ether oxygens (including phenoxy) is 1. The molecule has 0 unspecified atom stereocenters. The quantitative estimate of drug-likeness (QED) is 0.521. The lowest BCUT2D eigenvalue weighted by Gasteiger charge is -2.23. The zero-order chi connectivity index (χ0) is 20.3. The Hall–Kier alpha value is -2.90. The van der Waals surface area contributed by atoms with Gasteiger partial charge in [-0.2, -0.15) is 0 Å². The predicted molar refractivity (Wildman–Crippen MR) is 100.0 cm³/mol. The lowest BCUT2D eigenvalue weighted by molar-refractivity contribution is -0.158. The minimum Gasteiger partial charge on any atom is -0.446 e. The Morgan fingerprint density at radius 3 is 2.39 bits per heavy atom. The second kappa shape index (κ2) is 8.00. The summed E-state index contributed by atoms with van der Waals surface area (Å²) in [6.07, 6.45) is 1.53. The van der Waals surface area contributed by atoms with Crippen molar-refractivity contribution in [3.8, 4) is 0 Å². The van der Waals surface area contributed by atoms with Crippen LogP contribution in [0.3, 0.4) is 0 Å². The van der Waals surface area contributed by atoms with Crippen LogP contribution in [0.4, 0.5) is 4.79 Å². The molecule has 3 rings (SSSR count). The molecule has 1 saturated carbocycles. The number of carbonyl (C=O) groups is 4. The summed E-state index contributed by atoms with van der Waals surface area (Å²) in [6.45, 7) is 3.07. The third kappa shape index (κ3) is 4.00. The first-order valence-electron chi connectivity index (χ1n) is 9.59. The van der Waals surface area contributed by atoms with Crippen molar-refractivity contribution in [2.75, 3.05) is 6.54 Å². The molecule has 1 aromatic rings. The number of urea groups is 1. The van der Waals surface area contributed by atoms with Crippen molar-refractivity contribution in [2.24, 2.45) is 0 Å². The van der Waals surface area contributed by atoms with Crippen LogP contribution < -0.4 is 10.6 Å². The van der Waals surface area contributed by atoms with Crippen LogP contribution in [0.1, 0.15) is 51.2 Å². The average molecular weight is 387 g/mol. The van der Waals surface area contributed by atoms with Crippen LogP contribution >= 0.6 is 0 Å². The topological polar surface area (TPSA) is 105 Å². The second-order valence-electron chi connectivity index (χ2n) is 7.17. The zero-order valence-electron chi connectivity index (χ0n) is 16.1. The van der Waals surface area contributed by atoms with Gasteiger partial charge in [-0.05, 0) is 25.7 Å². The van der Waals surface area contributed by atoms with E-state index >= 15 is 0 Å². The van der Waals surface area contributed by atoms with E-state index in [1.807, 2.05) is 0 Å². The summed E-state index contributed by atoms with van der Waals surface area (Å²) in [7, 11) is 0. The van der Waals surface area contributed by atoms with Crippen molar-refractivity contribution < 1.29 is 23.9 Å². The summed E-state index contributed by atoms with van der Waals surface area (Å²) < 4.78 is 5.40. The van der Waals surface area contributed by atoms with E-state index in [0.717, 1.165) is 17.7 Å². The number of carbonyl (C=O) groups excluding carboxylic acids is 4. The normalized spacial score (nSPS) is 19.1. The van der Waals surface area contributed by atoms with E-state index in [-0.39, 0.29) is 6.04 Å². The van der Waals surface area contributed by atoms with Crippen LogP contribution in [0.5, 0.6) is 0 Å². The maximum Gasteiger partial charge on any atom is 0.327 e. The highest BCUT2D eigenvalue weighted by Gasteiger charge is 2.49. The fourth-order valence-corrected chi connectivity index (χ4v) is 3.25. The SMILES string of the molecule is CCC1(CC)NC(=O)N(CC(=O)O[C@H](C(=O)NC2CC2)c2ccccc2)C1=O. The van der Waals surface area contributed by atoms with Crippen LogP contribution in [-0.2, 0) is 19.1 Å². The van der Waals surface area contributed by atoms with Crippen LogP contribution in [-0.4, -0.2) is 46.8 Å². The fraction of sp³-hybridized carbons (Fsp3) is 0.500. The molecule has 1 aliphatic heterocycles. The van der Waals surface area contributed by atoms with Gasteiger partial charge in [-0.25, -0.2) is 4.79 Å². The summed E-state index contributed by atoms with van der Waals surface area (Å²) in [5, 5.41) is 5.49. The molecule has 1 aliphatic carbocycles. The molecule has 1 heterocycles. The Labute approximate surface area is 163 Å². The Kier molecular flexibility index (Phi) is 5.67. The maximum absolute atomic E-state index is 12.6. The van der Waals surface area contributed by atoms with Gasteiger partial charge in [0.15, 0.2) is 0 Å². The van der Waals surface area contributed by atoms with Gasteiger partial charge in [0.25, 0.3) is 11.8 Å². The molecule has 2 fully saturated rings. The van der Waals surface area contributed by atoms with Crippen molar-refractivity contribution in [1.29, 1.82) is 0 Å². The molecule has 150 valence electrons.